The Balaban J connectivity index is 1.65. The van der Waals surface area contributed by atoms with Gasteiger partial charge in [0, 0.05) is 10.9 Å². The fraction of sp³-hybridized carbons (Fsp3) is 0.136. The van der Waals surface area contributed by atoms with Crippen LogP contribution in [-0.4, -0.2) is 15.5 Å². The standard InChI is InChI=1S/C22H18FN3O2S/c1-13-3-6-15(7-4-13)16-11-29-21-20(16)22(28)26(12-24-21)10-19(27)25-18-8-5-14(2)9-17(18)23/h3-9,11-12H,10H2,1-2H3,(H,25,27). The Morgan fingerprint density at radius 1 is 1.14 bits per heavy atom. The number of thiophene rings is 1. The summed E-state index contributed by atoms with van der Waals surface area (Å²) in [5, 5.41) is 4.89. The molecule has 0 fully saturated rings. The van der Waals surface area contributed by atoms with Crippen LogP contribution in [-0.2, 0) is 11.3 Å². The highest BCUT2D eigenvalue weighted by molar-refractivity contribution is 7.17. The van der Waals surface area contributed by atoms with E-state index in [2.05, 4.69) is 10.3 Å². The predicted octanol–water partition coefficient (Wildman–Crippen LogP) is 4.52. The summed E-state index contributed by atoms with van der Waals surface area (Å²) in [5.41, 5.74) is 3.38. The van der Waals surface area contributed by atoms with E-state index >= 15 is 0 Å². The minimum atomic E-state index is -0.515. The minimum Gasteiger partial charge on any atom is -0.322 e. The van der Waals surface area contributed by atoms with Crippen molar-refractivity contribution in [3.8, 4) is 11.1 Å². The third kappa shape index (κ3) is 3.82. The van der Waals surface area contributed by atoms with Gasteiger partial charge in [-0.25, -0.2) is 9.37 Å². The molecule has 0 unspecified atom stereocenters. The highest BCUT2D eigenvalue weighted by Gasteiger charge is 2.15. The molecule has 0 bridgehead atoms. The topological polar surface area (TPSA) is 64.0 Å². The van der Waals surface area contributed by atoms with E-state index in [1.165, 1.54) is 34.4 Å². The predicted molar refractivity (Wildman–Crippen MR) is 114 cm³/mol. The van der Waals surface area contributed by atoms with Gasteiger partial charge < -0.3 is 5.32 Å². The zero-order chi connectivity index (χ0) is 20.5. The lowest BCUT2D eigenvalue weighted by Crippen LogP contribution is -2.28. The third-order valence-corrected chi connectivity index (χ3v) is 5.52. The number of carbonyl (C=O) groups excluding carboxylic acids is 1. The van der Waals surface area contributed by atoms with Crippen molar-refractivity contribution in [3.05, 3.63) is 81.5 Å². The minimum absolute atomic E-state index is 0.0820. The molecule has 1 amide bonds. The van der Waals surface area contributed by atoms with Gasteiger partial charge in [-0.15, -0.1) is 11.3 Å². The monoisotopic (exact) mass is 407 g/mol. The highest BCUT2D eigenvalue weighted by Crippen LogP contribution is 2.30. The average Bonchev–Trinajstić information content (AvgIpc) is 3.12. The molecule has 2 heterocycles. The summed E-state index contributed by atoms with van der Waals surface area (Å²) in [6.45, 7) is 3.51. The summed E-state index contributed by atoms with van der Waals surface area (Å²) in [5.74, 6) is -1.01. The summed E-state index contributed by atoms with van der Waals surface area (Å²) >= 11 is 1.39. The second-order valence-electron chi connectivity index (χ2n) is 6.90. The molecule has 2 aromatic carbocycles. The van der Waals surface area contributed by atoms with Crippen LogP contribution in [0, 0.1) is 19.7 Å². The van der Waals surface area contributed by atoms with Gasteiger partial charge in [-0.05, 0) is 37.1 Å². The van der Waals surface area contributed by atoms with Crippen LogP contribution in [0.1, 0.15) is 11.1 Å². The molecule has 0 aliphatic heterocycles. The number of carbonyl (C=O) groups is 1. The van der Waals surface area contributed by atoms with Crippen molar-refractivity contribution in [2.75, 3.05) is 5.32 Å². The lowest BCUT2D eigenvalue weighted by atomic mass is 10.1. The number of nitrogens with one attached hydrogen (secondary N) is 1. The zero-order valence-electron chi connectivity index (χ0n) is 15.9. The van der Waals surface area contributed by atoms with Crippen LogP contribution >= 0.6 is 11.3 Å². The van der Waals surface area contributed by atoms with Crippen LogP contribution in [0.5, 0.6) is 0 Å². The zero-order valence-corrected chi connectivity index (χ0v) is 16.7. The van der Waals surface area contributed by atoms with E-state index in [4.69, 9.17) is 0 Å². The molecule has 29 heavy (non-hydrogen) atoms. The van der Waals surface area contributed by atoms with E-state index < -0.39 is 11.7 Å². The van der Waals surface area contributed by atoms with Gasteiger partial charge in [-0.3, -0.25) is 14.2 Å². The number of benzene rings is 2. The smallest absolute Gasteiger partial charge is 0.263 e. The van der Waals surface area contributed by atoms with Gasteiger partial charge in [0.15, 0.2) is 0 Å². The van der Waals surface area contributed by atoms with Gasteiger partial charge in [-0.1, -0.05) is 35.9 Å². The molecule has 4 aromatic rings. The van der Waals surface area contributed by atoms with Crippen LogP contribution in [0.15, 0.2) is 59.0 Å². The van der Waals surface area contributed by atoms with Crippen molar-refractivity contribution in [3.63, 3.8) is 0 Å². The molecule has 146 valence electrons. The fourth-order valence-electron chi connectivity index (χ4n) is 3.09. The van der Waals surface area contributed by atoms with E-state index in [1.807, 2.05) is 36.6 Å². The molecule has 4 rings (SSSR count). The van der Waals surface area contributed by atoms with Gasteiger partial charge in [0.2, 0.25) is 5.91 Å². The molecule has 5 nitrogen and oxygen atoms in total. The molecular weight excluding hydrogens is 389 g/mol. The molecule has 0 radical (unpaired) electrons. The van der Waals surface area contributed by atoms with E-state index in [0.29, 0.717) is 10.2 Å². The summed E-state index contributed by atoms with van der Waals surface area (Å²) in [6.07, 6.45) is 1.35. The van der Waals surface area contributed by atoms with Crippen LogP contribution in [0.25, 0.3) is 21.3 Å². The summed E-state index contributed by atoms with van der Waals surface area (Å²) < 4.78 is 15.2. The number of anilines is 1. The van der Waals surface area contributed by atoms with Crippen LogP contribution < -0.4 is 10.9 Å². The lowest BCUT2D eigenvalue weighted by molar-refractivity contribution is -0.116. The van der Waals surface area contributed by atoms with Crippen molar-refractivity contribution in [1.29, 1.82) is 0 Å². The third-order valence-electron chi connectivity index (χ3n) is 4.64. The molecule has 0 saturated carbocycles. The van der Waals surface area contributed by atoms with Crippen molar-refractivity contribution < 1.29 is 9.18 Å². The number of halogens is 1. The molecule has 0 aliphatic rings. The molecule has 0 saturated heterocycles. The number of hydrogen-bond acceptors (Lipinski definition) is 4. The summed E-state index contributed by atoms with van der Waals surface area (Å²) in [4.78, 5) is 30.3. The van der Waals surface area contributed by atoms with Crippen molar-refractivity contribution in [1.82, 2.24) is 9.55 Å². The van der Waals surface area contributed by atoms with E-state index in [1.54, 1.807) is 13.0 Å². The number of fused-ring (bicyclic) bond motifs is 1. The van der Waals surface area contributed by atoms with Gasteiger partial charge >= 0.3 is 0 Å². The lowest BCUT2D eigenvalue weighted by Gasteiger charge is -2.09. The first-order valence-electron chi connectivity index (χ1n) is 9.02. The molecule has 2 aromatic heterocycles. The van der Waals surface area contributed by atoms with Crippen molar-refractivity contribution in [2.45, 2.75) is 20.4 Å². The maximum atomic E-state index is 14.0. The maximum Gasteiger partial charge on any atom is 0.263 e. The van der Waals surface area contributed by atoms with E-state index in [-0.39, 0.29) is 17.8 Å². The van der Waals surface area contributed by atoms with Gasteiger partial charge in [0.05, 0.1) is 17.4 Å². The number of hydrogen-bond donors (Lipinski definition) is 1. The van der Waals surface area contributed by atoms with Crippen molar-refractivity contribution >= 4 is 33.1 Å². The largest absolute Gasteiger partial charge is 0.322 e. The van der Waals surface area contributed by atoms with Crippen LogP contribution in [0.2, 0.25) is 0 Å². The number of amides is 1. The second-order valence-corrected chi connectivity index (χ2v) is 7.76. The normalized spacial score (nSPS) is 11.0. The quantitative estimate of drug-likeness (QED) is 0.541. The number of rotatable bonds is 4. The summed E-state index contributed by atoms with van der Waals surface area (Å²) in [7, 11) is 0. The Hall–Kier alpha value is -3.32. The molecule has 7 heteroatoms. The second kappa shape index (κ2) is 7.60. The van der Waals surface area contributed by atoms with Gasteiger partial charge in [0.25, 0.3) is 5.56 Å². The molecule has 0 atom stereocenters. The van der Waals surface area contributed by atoms with Gasteiger partial charge in [0.1, 0.15) is 17.2 Å². The molecule has 1 N–H and O–H groups in total. The fourth-order valence-corrected chi connectivity index (χ4v) is 4.00. The molecular formula is C22H18FN3O2S. The Kier molecular flexibility index (Phi) is 4.98. The average molecular weight is 407 g/mol. The maximum absolute atomic E-state index is 14.0. The Morgan fingerprint density at radius 3 is 2.59 bits per heavy atom. The summed E-state index contributed by atoms with van der Waals surface area (Å²) in [6, 6.07) is 12.4. The first-order chi connectivity index (χ1) is 13.9. The Bertz CT molecular complexity index is 1280. The first-order valence-corrected chi connectivity index (χ1v) is 9.90. The van der Waals surface area contributed by atoms with Crippen LogP contribution in [0.4, 0.5) is 10.1 Å². The number of nitrogens with zero attached hydrogens (tertiary/aromatic N) is 2. The van der Waals surface area contributed by atoms with Crippen molar-refractivity contribution in [2.24, 2.45) is 0 Å². The molecule has 0 aliphatic carbocycles. The molecule has 0 spiro atoms. The highest BCUT2D eigenvalue weighted by atomic mass is 32.1. The van der Waals surface area contributed by atoms with E-state index in [9.17, 15) is 14.0 Å². The SMILES string of the molecule is Cc1ccc(-c2csc3ncn(CC(=O)Nc4ccc(C)cc4F)c(=O)c23)cc1. The Labute approximate surface area is 170 Å². The van der Waals surface area contributed by atoms with E-state index in [0.717, 1.165) is 22.3 Å². The number of aryl methyl sites for hydroxylation is 2. The van der Waals surface area contributed by atoms with Gasteiger partial charge in [-0.2, -0.15) is 0 Å². The van der Waals surface area contributed by atoms with Crippen LogP contribution in [0.3, 0.4) is 0 Å². The Morgan fingerprint density at radius 2 is 1.86 bits per heavy atom. The first kappa shape index (κ1) is 19.0. The number of aromatic nitrogens is 2.